The van der Waals surface area contributed by atoms with Gasteiger partial charge in [0.15, 0.2) is 10.9 Å². The molecule has 4 rings (SSSR count). The normalized spacial score (nSPS) is 10.7. The number of nitrogens with one attached hydrogen (secondary N) is 2. The molecular weight excluding hydrogens is 420 g/mol. The van der Waals surface area contributed by atoms with Crippen molar-refractivity contribution in [3.05, 3.63) is 59.9 Å². The van der Waals surface area contributed by atoms with E-state index in [1.54, 1.807) is 35.9 Å². The highest BCUT2D eigenvalue weighted by molar-refractivity contribution is 7.80. The summed E-state index contributed by atoms with van der Waals surface area (Å²) in [5.41, 5.74) is 2.15. The van der Waals surface area contributed by atoms with Gasteiger partial charge in [0.05, 0.1) is 7.11 Å². The second-order valence-electron chi connectivity index (χ2n) is 6.29. The third kappa shape index (κ3) is 4.14. The maximum atomic E-state index is 12.4. The molecule has 0 aliphatic carbocycles. The van der Waals surface area contributed by atoms with Crippen molar-refractivity contribution in [3.63, 3.8) is 0 Å². The molecule has 0 saturated heterocycles. The fourth-order valence-corrected chi connectivity index (χ4v) is 3.87. The first-order valence-electron chi connectivity index (χ1n) is 9.15. The zero-order valence-electron chi connectivity index (χ0n) is 16.2. The lowest BCUT2D eigenvalue weighted by Crippen LogP contribution is -2.34. The number of methoxy groups -OCH3 is 1. The summed E-state index contributed by atoms with van der Waals surface area (Å²) in [5, 5.41) is 19.6. The minimum atomic E-state index is -0.299. The van der Waals surface area contributed by atoms with Crippen LogP contribution in [0.15, 0.2) is 48.5 Å². The van der Waals surface area contributed by atoms with E-state index in [-0.39, 0.29) is 11.0 Å². The van der Waals surface area contributed by atoms with Crippen LogP contribution in [-0.2, 0) is 6.42 Å². The van der Waals surface area contributed by atoms with Gasteiger partial charge in [0.25, 0.3) is 5.91 Å². The molecule has 4 aromatic rings. The van der Waals surface area contributed by atoms with E-state index >= 15 is 0 Å². The number of thiocarbonyl (C=S) groups is 1. The van der Waals surface area contributed by atoms with Gasteiger partial charge < -0.3 is 10.1 Å². The molecule has 10 heteroatoms. The van der Waals surface area contributed by atoms with Crippen molar-refractivity contribution in [2.24, 2.45) is 0 Å². The molecule has 0 aliphatic heterocycles. The summed E-state index contributed by atoms with van der Waals surface area (Å²) in [5.74, 6) is 1.21. The van der Waals surface area contributed by atoms with Gasteiger partial charge in [-0.15, -0.1) is 10.2 Å². The number of amides is 1. The van der Waals surface area contributed by atoms with Gasteiger partial charge in [-0.3, -0.25) is 10.1 Å². The van der Waals surface area contributed by atoms with Crippen molar-refractivity contribution in [2.45, 2.75) is 13.3 Å². The molecule has 0 fully saturated rings. The van der Waals surface area contributed by atoms with Crippen molar-refractivity contribution in [1.82, 2.24) is 25.1 Å². The molecule has 0 spiro atoms. The number of ether oxygens (including phenoxy) is 1. The molecule has 152 valence electrons. The second kappa shape index (κ2) is 8.56. The van der Waals surface area contributed by atoms with E-state index in [2.05, 4.69) is 25.9 Å². The van der Waals surface area contributed by atoms with Gasteiger partial charge in [-0.1, -0.05) is 30.4 Å². The first-order chi connectivity index (χ1) is 14.6. The summed E-state index contributed by atoms with van der Waals surface area (Å²) in [4.78, 5) is 13.1. The zero-order chi connectivity index (χ0) is 21.1. The van der Waals surface area contributed by atoms with Crippen LogP contribution in [0.1, 0.15) is 23.1 Å². The molecule has 0 aliphatic rings. The molecule has 0 atom stereocenters. The summed E-state index contributed by atoms with van der Waals surface area (Å²) >= 11 is 6.75. The molecule has 8 nitrogen and oxygen atoms in total. The van der Waals surface area contributed by atoms with E-state index in [0.717, 1.165) is 33.5 Å². The predicted molar refractivity (Wildman–Crippen MR) is 120 cm³/mol. The highest BCUT2D eigenvalue weighted by Gasteiger charge is 2.13. The lowest BCUT2D eigenvalue weighted by Gasteiger charge is -2.10. The number of hydrogen-bond donors (Lipinski definition) is 2. The molecule has 2 aromatic heterocycles. The van der Waals surface area contributed by atoms with Crippen molar-refractivity contribution in [3.8, 4) is 16.3 Å². The maximum absolute atomic E-state index is 12.4. The Morgan fingerprint density at radius 3 is 2.73 bits per heavy atom. The average Bonchev–Trinajstić information content (AvgIpc) is 3.34. The molecule has 2 aromatic carbocycles. The van der Waals surface area contributed by atoms with Gasteiger partial charge in [-0.2, -0.15) is 9.61 Å². The summed E-state index contributed by atoms with van der Waals surface area (Å²) in [6.07, 6.45) is 0.758. The van der Waals surface area contributed by atoms with Crippen molar-refractivity contribution in [2.75, 3.05) is 12.4 Å². The Kier molecular flexibility index (Phi) is 5.68. The number of carbonyl (C=O) groups excluding carboxylic acids is 1. The van der Waals surface area contributed by atoms with E-state index in [0.29, 0.717) is 11.3 Å². The van der Waals surface area contributed by atoms with Crippen LogP contribution in [-0.4, -0.2) is 37.9 Å². The van der Waals surface area contributed by atoms with Gasteiger partial charge in [0, 0.05) is 23.2 Å². The number of carbonyl (C=O) groups is 1. The van der Waals surface area contributed by atoms with Crippen LogP contribution in [0.2, 0.25) is 0 Å². The Bertz CT molecular complexity index is 1220. The number of aryl methyl sites for hydroxylation is 1. The second-order valence-corrected chi connectivity index (χ2v) is 7.65. The van der Waals surface area contributed by atoms with Gasteiger partial charge >= 0.3 is 0 Å². The fourth-order valence-electron chi connectivity index (χ4n) is 2.80. The number of anilines is 1. The summed E-state index contributed by atoms with van der Waals surface area (Å²) in [6, 6.07) is 14.4. The van der Waals surface area contributed by atoms with Crippen LogP contribution >= 0.6 is 23.6 Å². The lowest BCUT2D eigenvalue weighted by molar-refractivity contribution is 0.0977. The molecule has 0 radical (unpaired) electrons. The van der Waals surface area contributed by atoms with Crippen LogP contribution in [0, 0.1) is 0 Å². The molecule has 30 heavy (non-hydrogen) atoms. The molecule has 0 bridgehead atoms. The van der Waals surface area contributed by atoms with Crippen molar-refractivity contribution < 1.29 is 9.53 Å². The SMILES string of the molecule is CCc1nnc2sc(-c3cccc(NC(=S)NC(=O)c4ccc(OC)cc4)c3)nn12. The van der Waals surface area contributed by atoms with E-state index in [1.165, 1.54) is 11.3 Å². The average molecular weight is 439 g/mol. The monoisotopic (exact) mass is 438 g/mol. The largest absolute Gasteiger partial charge is 0.497 e. The van der Waals surface area contributed by atoms with Crippen LogP contribution in [0.5, 0.6) is 5.75 Å². The Hall–Kier alpha value is -3.37. The summed E-state index contributed by atoms with van der Waals surface area (Å²) < 4.78 is 6.86. The predicted octanol–water partition coefficient (Wildman–Crippen LogP) is 3.55. The minimum absolute atomic E-state index is 0.208. The summed E-state index contributed by atoms with van der Waals surface area (Å²) in [6.45, 7) is 2.02. The first kappa shape index (κ1) is 19.9. The number of benzene rings is 2. The molecular formula is C20H18N6O2S2. The highest BCUT2D eigenvalue weighted by Crippen LogP contribution is 2.27. The number of rotatable bonds is 5. The van der Waals surface area contributed by atoms with Crippen molar-refractivity contribution in [1.29, 1.82) is 0 Å². The first-order valence-corrected chi connectivity index (χ1v) is 10.4. The number of hydrogen-bond acceptors (Lipinski definition) is 7. The smallest absolute Gasteiger partial charge is 0.257 e. The summed E-state index contributed by atoms with van der Waals surface area (Å²) in [7, 11) is 1.57. The van der Waals surface area contributed by atoms with E-state index in [1.807, 2.05) is 31.2 Å². The third-order valence-corrected chi connectivity index (χ3v) is 5.47. The lowest BCUT2D eigenvalue weighted by atomic mass is 10.2. The van der Waals surface area contributed by atoms with Crippen LogP contribution < -0.4 is 15.4 Å². The standard InChI is InChI=1S/C20H18N6O2S2/c1-3-16-23-24-20-26(16)25-18(30-20)13-5-4-6-14(11-13)21-19(29)22-17(27)12-7-9-15(28-2)10-8-12/h4-11H,3H2,1-2H3,(H2,21,22,27,29). The van der Waals surface area contributed by atoms with Gasteiger partial charge in [-0.25, -0.2) is 0 Å². The Labute approximate surface area is 181 Å². The molecule has 0 unspecified atom stereocenters. The Balaban J connectivity index is 1.46. The number of nitrogens with zero attached hydrogens (tertiary/aromatic N) is 4. The fraction of sp³-hybridized carbons (Fsp3) is 0.150. The zero-order valence-corrected chi connectivity index (χ0v) is 17.9. The number of aromatic nitrogens is 4. The van der Waals surface area contributed by atoms with Gasteiger partial charge in [0.1, 0.15) is 10.8 Å². The molecule has 2 heterocycles. The van der Waals surface area contributed by atoms with E-state index < -0.39 is 0 Å². The minimum Gasteiger partial charge on any atom is -0.497 e. The number of fused-ring (bicyclic) bond motifs is 1. The molecule has 1 amide bonds. The third-order valence-electron chi connectivity index (χ3n) is 4.32. The quantitative estimate of drug-likeness (QED) is 0.460. The van der Waals surface area contributed by atoms with E-state index in [9.17, 15) is 4.79 Å². The highest BCUT2D eigenvalue weighted by atomic mass is 32.1. The Morgan fingerprint density at radius 1 is 1.20 bits per heavy atom. The van der Waals surface area contributed by atoms with Gasteiger partial charge in [0.2, 0.25) is 4.96 Å². The van der Waals surface area contributed by atoms with Gasteiger partial charge in [-0.05, 0) is 48.6 Å². The van der Waals surface area contributed by atoms with Crippen LogP contribution in [0.25, 0.3) is 15.5 Å². The van der Waals surface area contributed by atoms with Crippen LogP contribution in [0.4, 0.5) is 5.69 Å². The van der Waals surface area contributed by atoms with E-state index in [4.69, 9.17) is 17.0 Å². The maximum Gasteiger partial charge on any atom is 0.257 e. The van der Waals surface area contributed by atoms with Crippen LogP contribution in [0.3, 0.4) is 0 Å². The Morgan fingerprint density at radius 2 is 2.00 bits per heavy atom. The topological polar surface area (TPSA) is 93.4 Å². The van der Waals surface area contributed by atoms with Crippen molar-refractivity contribution >= 4 is 45.2 Å². The molecule has 2 N–H and O–H groups in total. The molecule has 0 saturated carbocycles.